The Balaban J connectivity index is 1.11. The highest BCUT2D eigenvalue weighted by molar-refractivity contribution is 7.18. The van der Waals surface area contributed by atoms with Crippen molar-refractivity contribution in [3.8, 4) is 22.2 Å². The third-order valence-corrected chi connectivity index (χ3v) is 7.07. The summed E-state index contributed by atoms with van der Waals surface area (Å²) < 4.78 is 49.7. The van der Waals surface area contributed by atoms with Crippen LogP contribution in [0.1, 0.15) is 18.4 Å². The van der Waals surface area contributed by atoms with Crippen molar-refractivity contribution in [1.29, 1.82) is 0 Å². The molecule has 1 aliphatic rings. The topological polar surface area (TPSA) is 110 Å². The normalized spacial score (nSPS) is 14.0. The number of nitrogens with one attached hydrogen (secondary N) is 3. The average molecular weight is 571 g/mol. The van der Waals surface area contributed by atoms with Crippen LogP contribution in [0.25, 0.3) is 10.4 Å². The SMILES string of the molecule is O=C(Nc1cnc(Oc2ccc(-c3cnc(NCC4CCOCC4)s3)cc2)nc1)Nc1cccc(C(F)(F)F)c1. The highest BCUT2D eigenvalue weighted by atomic mass is 32.1. The Morgan fingerprint density at radius 3 is 2.42 bits per heavy atom. The molecule has 1 aliphatic heterocycles. The maximum absolute atomic E-state index is 12.9. The maximum atomic E-state index is 12.9. The molecule has 3 heterocycles. The third-order valence-electron chi connectivity index (χ3n) is 6.07. The van der Waals surface area contributed by atoms with Gasteiger partial charge in [-0.25, -0.2) is 19.7 Å². The summed E-state index contributed by atoms with van der Waals surface area (Å²) in [5.74, 6) is 1.13. The first-order valence-electron chi connectivity index (χ1n) is 12.4. The minimum absolute atomic E-state index is 0.00237. The monoisotopic (exact) mass is 570 g/mol. The number of halogens is 3. The Hall–Kier alpha value is -4.23. The van der Waals surface area contributed by atoms with E-state index in [4.69, 9.17) is 9.47 Å². The summed E-state index contributed by atoms with van der Waals surface area (Å²) in [6.07, 6.45) is 2.11. The summed E-state index contributed by atoms with van der Waals surface area (Å²) in [5.41, 5.74) is 0.366. The Morgan fingerprint density at radius 2 is 1.70 bits per heavy atom. The molecule has 2 aromatic carbocycles. The van der Waals surface area contributed by atoms with Crippen LogP contribution in [-0.4, -0.2) is 40.7 Å². The van der Waals surface area contributed by atoms with E-state index in [1.807, 2.05) is 18.3 Å². The predicted octanol–water partition coefficient (Wildman–Crippen LogP) is 6.89. The van der Waals surface area contributed by atoms with Crippen molar-refractivity contribution in [3.63, 3.8) is 0 Å². The zero-order chi connectivity index (χ0) is 28.0. The first-order valence-corrected chi connectivity index (χ1v) is 13.3. The molecule has 0 bridgehead atoms. The second kappa shape index (κ2) is 12.3. The molecule has 0 radical (unpaired) electrons. The van der Waals surface area contributed by atoms with E-state index in [-0.39, 0.29) is 17.4 Å². The van der Waals surface area contributed by atoms with Crippen LogP contribution in [0.2, 0.25) is 0 Å². The van der Waals surface area contributed by atoms with Crippen LogP contribution >= 0.6 is 11.3 Å². The largest absolute Gasteiger partial charge is 0.424 e. The first kappa shape index (κ1) is 27.3. The Kier molecular flexibility index (Phi) is 8.41. The molecule has 2 aromatic heterocycles. The van der Waals surface area contributed by atoms with Gasteiger partial charge in [-0.1, -0.05) is 17.4 Å². The quantitative estimate of drug-likeness (QED) is 0.212. The van der Waals surface area contributed by atoms with Crippen molar-refractivity contribution >= 4 is 33.9 Å². The lowest BCUT2D eigenvalue weighted by atomic mass is 10.0. The molecule has 0 saturated carbocycles. The Bertz CT molecular complexity index is 1420. The van der Waals surface area contributed by atoms with Gasteiger partial charge >= 0.3 is 18.2 Å². The molecule has 0 atom stereocenters. The molecule has 1 fully saturated rings. The zero-order valence-electron chi connectivity index (χ0n) is 21.1. The standard InChI is InChI=1S/C27H25F3N6O3S/c28-27(29,30)19-2-1-3-20(12-19)35-24(37)36-21-14-31-25(32-15-21)39-22-6-4-18(5-7-22)23-16-34-26(40-23)33-13-17-8-10-38-11-9-17/h1-7,12,14-17H,8-11,13H2,(H,33,34)(H2,35,36,37). The number of hydrogen-bond acceptors (Lipinski definition) is 8. The Morgan fingerprint density at radius 1 is 0.975 bits per heavy atom. The van der Waals surface area contributed by atoms with Gasteiger partial charge in [0.1, 0.15) is 5.75 Å². The summed E-state index contributed by atoms with van der Waals surface area (Å²) in [5, 5.41) is 9.12. The van der Waals surface area contributed by atoms with Crippen molar-refractivity contribution in [2.75, 3.05) is 35.7 Å². The zero-order valence-corrected chi connectivity index (χ0v) is 21.9. The number of urea groups is 1. The fraction of sp³-hybridized carbons (Fsp3) is 0.259. The number of aromatic nitrogens is 3. The molecular formula is C27H25F3N6O3S. The van der Waals surface area contributed by atoms with E-state index in [2.05, 4.69) is 30.9 Å². The van der Waals surface area contributed by atoms with Gasteiger partial charge in [0.2, 0.25) is 0 Å². The lowest BCUT2D eigenvalue weighted by molar-refractivity contribution is -0.137. The molecule has 208 valence electrons. The lowest BCUT2D eigenvalue weighted by Crippen LogP contribution is -2.22. The predicted molar refractivity (Wildman–Crippen MR) is 146 cm³/mol. The number of nitrogens with zero attached hydrogens (tertiary/aromatic N) is 3. The Labute approximate surface area is 231 Å². The smallest absolute Gasteiger partial charge is 0.416 e. The van der Waals surface area contributed by atoms with Crippen molar-refractivity contribution in [2.24, 2.45) is 5.92 Å². The van der Waals surface area contributed by atoms with E-state index >= 15 is 0 Å². The van der Waals surface area contributed by atoms with Gasteiger partial charge in [-0.05, 0) is 66.8 Å². The second-order valence-electron chi connectivity index (χ2n) is 9.00. The number of benzene rings is 2. The number of ether oxygens (including phenoxy) is 2. The van der Waals surface area contributed by atoms with Crippen LogP contribution in [0.3, 0.4) is 0 Å². The lowest BCUT2D eigenvalue weighted by Gasteiger charge is -2.21. The van der Waals surface area contributed by atoms with E-state index < -0.39 is 17.8 Å². The molecule has 2 amide bonds. The maximum Gasteiger partial charge on any atom is 0.416 e. The van der Waals surface area contributed by atoms with Crippen LogP contribution in [-0.2, 0) is 10.9 Å². The summed E-state index contributed by atoms with van der Waals surface area (Å²) in [4.78, 5) is 25.8. The van der Waals surface area contributed by atoms with Gasteiger partial charge in [0.25, 0.3) is 0 Å². The summed E-state index contributed by atoms with van der Waals surface area (Å²) in [6.45, 7) is 2.52. The second-order valence-corrected chi connectivity index (χ2v) is 10.0. The minimum Gasteiger partial charge on any atom is -0.424 e. The first-order chi connectivity index (χ1) is 19.3. The molecule has 13 heteroatoms. The van der Waals surface area contributed by atoms with Crippen LogP contribution in [0.4, 0.5) is 34.5 Å². The average Bonchev–Trinajstić information content (AvgIpc) is 3.43. The molecule has 3 N–H and O–H groups in total. The van der Waals surface area contributed by atoms with E-state index in [1.165, 1.54) is 24.5 Å². The number of anilines is 3. The molecule has 0 aliphatic carbocycles. The molecule has 1 saturated heterocycles. The van der Waals surface area contributed by atoms with E-state index in [0.29, 0.717) is 11.7 Å². The highest BCUT2D eigenvalue weighted by Gasteiger charge is 2.30. The van der Waals surface area contributed by atoms with Crippen LogP contribution < -0.4 is 20.7 Å². The van der Waals surface area contributed by atoms with E-state index in [1.54, 1.807) is 23.5 Å². The number of amides is 2. The van der Waals surface area contributed by atoms with Crippen molar-refractivity contribution < 1.29 is 27.4 Å². The van der Waals surface area contributed by atoms with Gasteiger partial charge in [-0.3, -0.25) is 0 Å². The number of rotatable bonds is 8. The summed E-state index contributed by atoms with van der Waals surface area (Å²) in [6, 6.07) is 11.1. The molecule has 5 rings (SSSR count). The fourth-order valence-electron chi connectivity index (χ4n) is 3.96. The molecule has 9 nitrogen and oxygen atoms in total. The van der Waals surface area contributed by atoms with Gasteiger partial charge in [-0.2, -0.15) is 13.2 Å². The van der Waals surface area contributed by atoms with Gasteiger partial charge < -0.3 is 25.4 Å². The van der Waals surface area contributed by atoms with Crippen molar-refractivity contribution in [3.05, 3.63) is 72.7 Å². The van der Waals surface area contributed by atoms with Gasteiger partial charge in [-0.15, -0.1) is 0 Å². The summed E-state index contributed by atoms with van der Waals surface area (Å²) in [7, 11) is 0. The number of carbonyl (C=O) groups excluding carboxylic acids is 1. The summed E-state index contributed by atoms with van der Waals surface area (Å²) >= 11 is 1.58. The molecule has 4 aromatic rings. The van der Waals surface area contributed by atoms with Crippen LogP contribution in [0.5, 0.6) is 11.8 Å². The van der Waals surface area contributed by atoms with Crippen molar-refractivity contribution in [1.82, 2.24) is 15.0 Å². The van der Waals surface area contributed by atoms with Crippen molar-refractivity contribution in [2.45, 2.75) is 19.0 Å². The van der Waals surface area contributed by atoms with E-state index in [9.17, 15) is 18.0 Å². The van der Waals surface area contributed by atoms with Gasteiger partial charge in [0, 0.05) is 31.6 Å². The number of alkyl halides is 3. The van der Waals surface area contributed by atoms with Crippen LogP contribution in [0.15, 0.2) is 67.1 Å². The number of hydrogen-bond donors (Lipinski definition) is 3. The fourth-order valence-corrected chi connectivity index (χ4v) is 4.79. The molecule has 0 unspecified atom stereocenters. The highest BCUT2D eigenvalue weighted by Crippen LogP contribution is 2.32. The van der Waals surface area contributed by atoms with Gasteiger partial charge in [0.05, 0.1) is 28.5 Å². The number of carbonyl (C=O) groups is 1. The molecular weight excluding hydrogens is 545 g/mol. The van der Waals surface area contributed by atoms with Crippen LogP contribution in [0, 0.1) is 5.92 Å². The van der Waals surface area contributed by atoms with Gasteiger partial charge in [0.15, 0.2) is 5.13 Å². The number of thiazole rings is 1. The third kappa shape index (κ3) is 7.45. The molecule has 40 heavy (non-hydrogen) atoms. The molecule has 0 spiro atoms. The van der Waals surface area contributed by atoms with E-state index in [0.717, 1.165) is 60.3 Å². The minimum atomic E-state index is -4.51.